The van der Waals surface area contributed by atoms with Gasteiger partial charge in [0.2, 0.25) is 0 Å². The van der Waals surface area contributed by atoms with E-state index in [1.165, 1.54) is 6.07 Å². The van der Waals surface area contributed by atoms with Crippen molar-refractivity contribution in [3.05, 3.63) is 42.0 Å². The van der Waals surface area contributed by atoms with Gasteiger partial charge in [0.25, 0.3) is 0 Å². The van der Waals surface area contributed by atoms with Gasteiger partial charge in [-0.1, -0.05) is 12.1 Å². The summed E-state index contributed by atoms with van der Waals surface area (Å²) in [6, 6.07) is 4.80. The Balaban J connectivity index is 2.00. The Kier molecular flexibility index (Phi) is 4.26. The van der Waals surface area contributed by atoms with E-state index in [1.54, 1.807) is 45.3 Å². The number of alkyl carbamates (subject to hydrolysis) is 1. The monoisotopic (exact) mass is 291 g/mol. The van der Waals surface area contributed by atoms with Gasteiger partial charge < -0.3 is 10.1 Å². The molecule has 0 aliphatic heterocycles. The Labute approximate surface area is 122 Å². The summed E-state index contributed by atoms with van der Waals surface area (Å²) in [7, 11) is 0. The fourth-order valence-corrected chi connectivity index (χ4v) is 1.79. The van der Waals surface area contributed by atoms with Crippen LogP contribution >= 0.6 is 0 Å². The number of carbonyl (C=O) groups excluding carboxylic acids is 1. The molecule has 0 spiro atoms. The molecular formula is C15H18FN3O2. The van der Waals surface area contributed by atoms with E-state index in [2.05, 4.69) is 15.5 Å². The van der Waals surface area contributed by atoms with E-state index in [4.69, 9.17) is 4.74 Å². The van der Waals surface area contributed by atoms with Crippen molar-refractivity contribution >= 4 is 6.09 Å². The van der Waals surface area contributed by atoms with Crippen LogP contribution in [0.1, 0.15) is 26.3 Å². The normalized spacial score (nSPS) is 11.2. The maximum absolute atomic E-state index is 14.0. The zero-order chi connectivity index (χ0) is 15.5. The molecule has 2 rings (SSSR count). The third-order valence-electron chi connectivity index (χ3n) is 2.68. The molecule has 1 amide bonds. The van der Waals surface area contributed by atoms with Gasteiger partial charge in [0.15, 0.2) is 0 Å². The Morgan fingerprint density at radius 2 is 2.19 bits per heavy atom. The molecule has 0 aliphatic carbocycles. The highest BCUT2D eigenvalue weighted by Crippen LogP contribution is 2.22. The molecule has 0 atom stereocenters. The van der Waals surface area contributed by atoms with E-state index >= 15 is 0 Å². The Morgan fingerprint density at radius 3 is 2.76 bits per heavy atom. The number of nitrogens with zero attached hydrogens (tertiary/aromatic N) is 1. The van der Waals surface area contributed by atoms with Crippen LogP contribution in [-0.4, -0.2) is 21.9 Å². The molecule has 5 nitrogen and oxygen atoms in total. The fraction of sp³-hybridized carbons (Fsp3) is 0.333. The smallest absolute Gasteiger partial charge is 0.407 e. The van der Waals surface area contributed by atoms with Crippen LogP contribution < -0.4 is 5.32 Å². The van der Waals surface area contributed by atoms with Crippen LogP contribution in [0.5, 0.6) is 0 Å². The van der Waals surface area contributed by atoms with Crippen molar-refractivity contribution in [3.63, 3.8) is 0 Å². The topological polar surface area (TPSA) is 67.0 Å². The van der Waals surface area contributed by atoms with E-state index in [0.29, 0.717) is 16.7 Å². The Morgan fingerprint density at radius 1 is 1.43 bits per heavy atom. The third kappa shape index (κ3) is 4.30. The number of H-pyrrole nitrogens is 1. The van der Waals surface area contributed by atoms with E-state index in [0.717, 1.165) is 0 Å². The van der Waals surface area contributed by atoms with E-state index in [-0.39, 0.29) is 12.4 Å². The number of nitrogens with one attached hydrogen (secondary N) is 2. The zero-order valence-electron chi connectivity index (χ0n) is 12.2. The summed E-state index contributed by atoms with van der Waals surface area (Å²) in [6.45, 7) is 5.56. The average Bonchev–Trinajstić information content (AvgIpc) is 2.88. The van der Waals surface area contributed by atoms with Crippen LogP contribution in [0.2, 0.25) is 0 Å². The van der Waals surface area contributed by atoms with Crippen molar-refractivity contribution in [1.29, 1.82) is 0 Å². The predicted octanol–water partition coefficient (Wildman–Crippen LogP) is 3.24. The van der Waals surface area contributed by atoms with Crippen LogP contribution in [0.25, 0.3) is 11.1 Å². The molecular weight excluding hydrogens is 273 g/mol. The summed E-state index contributed by atoms with van der Waals surface area (Å²) in [5, 5.41) is 9.02. The number of aromatic nitrogens is 2. The first-order valence-electron chi connectivity index (χ1n) is 6.59. The number of amides is 1. The summed E-state index contributed by atoms with van der Waals surface area (Å²) in [5.74, 6) is -0.361. The highest BCUT2D eigenvalue weighted by atomic mass is 19.1. The summed E-state index contributed by atoms with van der Waals surface area (Å²) in [6.07, 6.45) is 2.65. The van der Waals surface area contributed by atoms with Crippen molar-refractivity contribution < 1.29 is 13.9 Å². The van der Waals surface area contributed by atoms with Crippen LogP contribution in [0.15, 0.2) is 30.6 Å². The molecule has 0 saturated carbocycles. The SMILES string of the molecule is CC(C)(C)OC(=O)NCc1ccc(-c2cn[nH]c2)c(F)c1. The maximum atomic E-state index is 14.0. The number of hydrogen-bond donors (Lipinski definition) is 2. The summed E-state index contributed by atoms with van der Waals surface area (Å²) in [4.78, 5) is 11.5. The molecule has 1 aromatic carbocycles. The number of aromatic amines is 1. The van der Waals surface area contributed by atoms with Crippen LogP contribution in [0.3, 0.4) is 0 Å². The molecule has 1 aromatic heterocycles. The number of carbonyl (C=O) groups is 1. The molecule has 1 heterocycles. The number of halogens is 1. The minimum absolute atomic E-state index is 0.206. The van der Waals surface area contributed by atoms with Gasteiger partial charge in [-0.2, -0.15) is 5.10 Å². The van der Waals surface area contributed by atoms with Crippen molar-refractivity contribution in [2.45, 2.75) is 32.9 Å². The number of rotatable bonds is 3. The lowest BCUT2D eigenvalue weighted by Crippen LogP contribution is -2.32. The lowest BCUT2D eigenvalue weighted by Gasteiger charge is -2.19. The predicted molar refractivity (Wildman–Crippen MR) is 77.1 cm³/mol. The molecule has 2 N–H and O–H groups in total. The summed E-state index contributed by atoms with van der Waals surface area (Å²) < 4.78 is 19.1. The minimum atomic E-state index is -0.555. The molecule has 2 aromatic rings. The van der Waals surface area contributed by atoms with E-state index < -0.39 is 11.7 Å². The van der Waals surface area contributed by atoms with Crippen molar-refractivity contribution in [1.82, 2.24) is 15.5 Å². The standard InChI is InChI=1S/C15H18FN3O2/c1-15(2,3)21-14(20)17-7-10-4-5-12(13(16)6-10)11-8-18-19-9-11/h4-6,8-9H,7H2,1-3H3,(H,17,20)(H,18,19). The van der Waals surface area contributed by atoms with Crippen LogP contribution in [0, 0.1) is 5.82 Å². The van der Waals surface area contributed by atoms with Gasteiger partial charge in [0.05, 0.1) is 6.20 Å². The first-order valence-corrected chi connectivity index (χ1v) is 6.59. The molecule has 0 bridgehead atoms. The van der Waals surface area contributed by atoms with Gasteiger partial charge in [-0.3, -0.25) is 5.10 Å². The molecule has 21 heavy (non-hydrogen) atoms. The first-order chi connectivity index (χ1) is 9.85. The highest BCUT2D eigenvalue weighted by Gasteiger charge is 2.16. The molecule has 6 heteroatoms. The van der Waals surface area contributed by atoms with E-state index in [9.17, 15) is 9.18 Å². The largest absolute Gasteiger partial charge is 0.444 e. The quantitative estimate of drug-likeness (QED) is 0.912. The molecule has 0 fully saturated rings. The van der Waals surface area contributed by atoms with Gasteiger partial charge in [-0.25, -0.2) is 9.18 Å². The molecule has 112 valence electrons. The summed E-state index contributed by atoms with van der Waals surface area (Å²) in [5.41, 5.74) is 1.25. The summed E-state index contributed by atoms with van der Waals surface area (Å²) >= 11 is 0. The van der Waals surface area contributed by atoms with Crippen LogP contribution in [0.4, 0.5) is 9.18 Å². The van der Waals surface area contributed by atoms with Gasteiger partial charge in [-0.15, -0.1) is 0 Å². The van der Waals surface area contributed by atoms with Crippen LogP contribution in [-0.2, 0) is 11.3 Å². The van der Waals surface area contributed by atoms with Gasteiger partial charge in [0.1, 0.15) is 11.4 Å². The second-order valence-electron chi connectivity index (χ2n) is 5.66. The van der Waals surface area contributed by atoms with Crippen molar-refractivity contribution in [2.24, 2.45) is 0 Å². The van der Waals surface area contributed by atoms with Gasteiger partial charge >= 0.3 is 6.09 Å². The third-order valence-corrected chi connectivity index (χ3v) is 2.68. The molecule has 0 saturated heterocycles. The second-order valence-corrected chi connectivity index (χ2v) is 5.66. The van der Waals surface area contributed by atoms with Gasteiger partial charge in [0, 0.05) is 23.9 Å². The number of ether oxygens (including phenoxy) is 1. The van der Waals surface area contributed by atoms with Crippen molar-refractivity contribution in [2.75, 3.05) is 0 Å². The molecule has 0 unspecified atom stereocenters. The van der Waals surface area contributed by atoms with Gasteiger partial charge in [-0.05, 0) is 32.4 Å². The molecule has 0 aliphatic rings. The minimum Gasteiger partial charge on any atom is -0.444 e. The first kappa shape index (κ1) is 15.0. The average molecular weight is 291 g/mol. The Hall–Kier alpha value is -2.37. The maximum Gasteiger partial charge on any atom is 0.407 e. The second kappa shape index (κ2) is 5.95. The zero-order valence-corrected chi connectivity index (χ0v) is 12.2. The fourth-order valence-electron chi connectivity index (χ4n) is 1.79. The van der Waals surface area contributed by atoms with Crippen molar-refractivity contribution in [3.8, 4) is 11.1 Å². The lowest BCUT2D eigenvalue weighted by molar-refractivity contribution is 0.0523. The number of benzene rings is 1. The highest BCUT2D eigenvalue weighted by molar-refractivity contribution is 5.68. The number of hydrogen-bond acceptors (Lipinski definition) is 3. The Bertz CT molecular complexity index is 618. The molecule has 0 radical (unpaired) electrons. The van der Waals surface area contributed by atoms with E-state index in [1.807, 2.05) is 0 Å². The lowest BCUT2D eigenvalue weighted by atomic mass is 10.1.